The van der Waals surface area contributed by atoms with Crippen molar-refractivity contribution >= 4 is 0 Å². The van der Waals surface area contributed by atoms with Gasteiger partial charge in [-0.2, -0.15) is 4.98 Å². The van der Waals surface area contributed by atoms with Crippen molar-refractivity contribution in [3.63, 3.8) is 0 Å². The second-order valence-corrected chi connectivity index (χ2v) is 4.14. The molecule has 1 N–H and O–H groups in total. The van der Waals surface area contributed by atoms with Crippen LogP contribution < -0.4 is 5.32 Å². The zero-order valence-electron chi connectivity index (χ0n) is 10.1. The first kappa shape index (κ1) is 13.1. The SMILES string of the molecule is CC(C)CCOCCNCCc1ncon1. The quantitative estimate of drug-likeness (QED) is 0.644. The highest BCUT2D eigenvalue weighted by atomic mass is 16.5. The topological polar surface area (TPSA) is 60.2 Å². The van der Waals surface area contributed by atoms with Gasteiger partial charge in [-0.1, -0.05) is 19.0 Å². The molecule has 0 atom stereocenters. The summed E-state index contributed by atoms with van der Waals surface area (Å²) in [4.78, 5) is 3.93. The number of hydrogen-bond acceptors (Lipinski definition) is 5. The lowest BCUT2D eigenvalue weighted by molar-refractivity contribution is 0.125. The van der Waals surface area contributed by atoms with Gasteiger partial charge in [0, 0.05) is 26.1 Å². The second-order valence-electron chi connectivity index (χ2n) is 4.14. The molecule has 0 aliphatic rings. The summed E-state index contributed by atoms with van der Waals surface area (Å²) >= 11 is 0. The molecule has 1 heterocycles. The molecule has 5 nitrogen and oxygen atoms in total. The number of aromatic nitrogens is 2. The van der Waals surface area contributed by atoms with E-state index in [9.17, 15) is 0 Å². The van der Waals surface area contributed by atoms with Crippen LogP contribution in [-0.4, -0.2) is 36.4 Å². The lowest BCUT2D eigenvalue weighted by Crippen LogP contribution is -2.22. The maximum atomic E-state index is 5.47. The van der Waals surface area contributed by atoms with E-state index in [2.05, 4.69) is 33.8 Å². The number of hydrogen-bond donors (Lipinski definition) is 1. The van der Waals surface area contributed by atoms with Crippen LogP contribution in [0.25, 0.3) is 0 Å². The van der Waals surface area contributed by atoms with Gasteiger partial charge in [0.1, 0.15) is 0 Å². The van der Waals surface area contributed by atoms with Crippen LogP contribution in [0.15, 0.2) is 10.9 Å². The Morgan fingerprint density at radius 3 is 2.94 bits per heavy atom. The molecule has 1 aromatic rings. The Morgan fingerprint density at radius 2 is 2.25 bits per heavy atom. The van der Waals surface area contributed by atoms with Crippen molar-refractivity contribution in [1.29, 1.82) is 0 Å². The minimum absolute atomic E-state index is 0.714. The summed E-state index contributed by atoms with van der Waals surface area (Å²) in [5.74, 6) is 1.46. The molecular weight excluding hydrogens is 206 g/mol. The molecule has 1 aromatic heterocycles. The van der Waals surface area contributed by atoms with Crippen LogP contribution in [0.5, 0.6) is 0 Å². The molecule has 1 rings (SSSR count). The highest BCUT2D eigenvalue weighted by Gasteiger charge is 1.97. The van der Waals surface area contributed by atoms with Crippen LogP contribution in [0, 0.1) is 5.92 Å². The van der Waals surface area contributed by atoms with Crippen molar-refractivity contribution in [2.45, 2.75) is 26.7 Å². The van der Waals surface area contributed by atoms with E-state index in [0.29, 0.717) is 5.92 Å². The van der Waals surface area contributed by atoms with E-state index < -0.39 is 0 Å². The molecule has 0 aliphatic carbocycles. The highest BCUT2D eigenvalue weighted by Crippen LogP contribution is 1.98. The minimum atomic E-state index is 0.714. The Kier molecular flexibility index (Phi) is 6.76. The fraction of sp³-hybridized carbons (Fsp3) is 0.818. The molecule has 0 unspecified atom stereocenters. The standard InChI is InChI=1S/C11H21N3O2/c1-10(2)4-7-15-8-6-12-5-3-11-13-9-16-14-11/h9-10,12H,3-8H2,1-2H3. The van der Waals surface area contributed by atoms with E-state index in [1.807, 2.05) is 0 Å². The maximum Gasteiger partial charge on any atom is 0.213 e. The molecule has 0 spiro atoms. The van der Waals surface area contributed by atoms with Gasteiger partial charge < -0.3 is 14.6 Å². The molecule has 16 heavy (non-hydrogen) atoms. The van der Waals surface area contributed by atoms with E-state index in [-0.39, 0.29) is 0 Å². The highest BCUT2D eigenvalue weighted by molar-refractivity contribution is 4.78. The molecule has 0 amide bonds. The number of nitrogens with zero attached hydrogens (tertiary/aromatic N) is 2. The lowest BCUT2D eigenvalue weighted by atomic mass is 10.1. The molecule has 0 aliphatic heterocycles. The van der Waals surface area contributed by atoms with Crippen LogP contribution in [0.1, 0.15) is 26.1 Å². The van der Waals surface area contributed by atoms with Gasteiger partial charge in [-0.05, 0) is 12.3 Å². The van der Waals surface area contributed by atoms with E-state index in [0.717, 1.165) is 45.0 Å². The first-order chi connectivity index (χ1) is 7.79. The normalized spacial score (nSPS) is 11.2. The molecule has 0 bridgehead atoms. The van der Waals surface area contributed by atoms with Crippen LogP contribution >= 0.6 is 0 Å². The molecular formula is C11H21N3O2. The van der Waals surface area contributed by atoms with Gasteiger partial charge in [-0.3, -0.25) is 0 Å². The zero-order valence-corrected chi connectivity index (χ0v) is 10.1. The van der Waals surface area contributed by atoms with Gasteiger partial charge in [-0.25, -0.2) is 0 Å². The van der Waals surface area contributed by atoms with Crippen LogP contribution in [0.3, 0.4) is 0 Å². The summed E-state index contributed by atoms with van der Waals surface area (Å²) < 4.78 is 10.1. The summed E-state index contributed by atoms with van der Waals surface area (Å²) in [5, 5.41) is 6.99. The Morgan fingerprint density at radius 1 is 1.38 bits per heavy atom. The third-order valence-electron chi connectivity index (χ3n) is 2.20. The average molecular weight is 227 g/mol. The van der Waals surface area contributed by atoms with Crippen molar-refractivity contribution in [2.24, 2.45) is 5.92 Å². The van der Waals surface area contributed by atoms with Crippen molar-refractivity contribution in [2.75, 3.05) is 26.3 Å². The van der Waals surface area contributed by atoms with E-state index in [1.165, 1.54) is 6.39 Å². The van der Waals surface area contributed by atoms with E-state index in [4.69, 9.17) is 4.74 Å². The van der Waals surface area contributed by atoms with Crippen molar-refractivity contribution in [1.82, 2.24) is 15.5 Å². The number of rotatable bonds is 9. The minimum Gasteiger partial charge on any atom is -0.380 e. The largest absolute Gasteiger partial charge is 0.380 e. The Hall–Kier alpha value is -0.940. The Bertz CT molecular complexity index is 250. The summed E-state index contributed by atoms with van der Waals surface area (Å²) in [6.45, 7) is 7.74. The van der Waals surface area contributed by atoms with Gasteiger partial charge in [-0.15, -0.1) is 0 Å². The predicted molar refractivity (Wildman–Crippen MR) is 61.1 cm³/mol. The third kappa shape index (κ3) is 6.53. The van der Waals surface area contributed by atoms with Crippen molar-refractivity contribution in [3.8, 4) is 0 Å². The van der Waals surface area contributed by atoms with E-state index in [1.54, 1.807) is 0 Å². The van der Waals surface area contributed by atoms with Crippen LogP contribution in [0.4, 0.5) is 0 Å². The summed E-state index contributed by atoms with van der Waals surface area (Å²) in [7, 11) is 0. The maximum absolute atomic E-state index is 5.47. The molecule has 92 valence electrons. The lowest BCUT2D eigenvalue weighted by Gasteiger charge is -2.06. The smallest absolute Gasteiger partial charge is 0.213 e. The van der Waals surface area contributed by atoms with Crippen molar-refractivity contribution in [3.05, 3.63) is 12.2 Å². The Labute approximate surface area is 96.6 Å². The first-order valence-electron chi connectivity index (χ1n) is 5.82. The van der Waals surface area contributed by atoms with E-state index >= 15 is 0 Å². The molecule has 0 saturated heterocycles. The fourth-order valence-electron chi connectivity index (χ4n) is 1.19. The number of ether oxygens (including phenoxy) is 1. The zero-order chi connectivity index (χ0) is 11.6. The van der Waals surface area contributed by atoms with Gasteiger partial charge in [0.05, 0.1) is 6.61 Å². The predicted octanol–water partition coefficient (Wildman–Crippen LogP) is 1.26. The van der Waals surface area contributed by atoms with Crippen molar-refractivity contribution < 1.29 is 9.26 Å². The van der Waals surface area contributed by atoms with Gasteiger partial charge in [0.2, 0.25) is 6.39 Å². The van der Waals surface area contributed by atoms with Gasteiger partial charge >= 0.3 is 0 Å². The third-order valence-corrected chi connectivity index (χ3v) is 2.20. The fourth-order valence-corrected chi connectivity index (χ4v) is 1.19. The molecule has 0 fully saturated rings. The van der Waals surface area contributed by atoms with Gasteiger partial charge in [0.15, 0.2) is 5.82 Å². The molecule has 0 aromatic carbocycles. The summed E-state index contributed by atoms with van der Waals surface area (Å²) in [6, 6.07) is 0. The summed E-state index contributed by atoms with van der Waals surface area (Å²) in [5.41, 5.74) is 0. The molecule has 0 saturated carbocycles. The van der Waals surface area contributed by atoms with Gasteiger partial charge in [0.25, 0.3) is 0 Å². The molecule has 5 heteroatoms. The Balaban J connectivity index is 1.82. The second kappa shape index (κ2) is 8.24. The monoisotopic (exact) mass is 227 g/mol. The molecule has 0 radical (unpaired) electrons. The van der Waals surface area contributed by atoms with Crippen LogP contribution in [-0.2, 0) is 11.2 Å². The first-order valence-corrected chi connectivity index (χ1v) is 5.82. The summed E-state index contributed by atoms with van der Waals surface area (Å²) in [6.07, 6.45) is 3.27. The average Bonchev–Trinajstić information content (AvgIpc) is 2.74. The number of nitrogens with one attached hydrogen (secondary N) is 1. The van der Waals surface area contributed by atoms with Crippen LogP contribution in [0.2, 0.25) is 0 Å².